The van der Waals surface area contributed by atoms with Crippen LogP contribution < -0.4 is 11.1 Å². The van der Waals surface area contributed by atoms with Crippen LogP contribution in [0.3, 0.4) is 0 Å². The van der Waals surface area contributed by atoms with Crippen molar-refractivity contribution in [3.63, 3.8) is 0 Å². The molecule has 3 aromatic rings. The van der Waals surface area contributed by atoms with Crippen molar-refractivity contribution in [2.45, 2.75) is 31.7 Å². The second-order valence-electron chi connectivity index (χ2n) is 9.20. The van der Waals surface area contributed by atoms with Crippen LogP contribution in [0.25, 0.3) is 17.2 Å². The molecule has 2 heterocycles. The number of likely N-dealkylation sites (tertiary alicyclic amines) is 1. The summed E-state index contributed by atoms with van der Waals surface area (Å²) in [6.45, 7) is 1.32. The van der Waals surface area contributed by atoms with Crippen LogP contribution in [0.5, 0.6) is 0 Å². The smallest absolute Gasteiger partial charge is 0.253 e. The van der Waals surface area contributed by atoms with Crippen molar-refractivity contribution in [2.24, 2.45) is 5.73 Å². The van der Waals surface area contributed by atoms with Crippen LogP contribution in [-0.4, -0.2) is 40.7 Å². The van der Waals surface area contributed by atoms with Gasteiger partial charge in [0.15, 0.2) is 0 Å². The summed E-state index contributed by atoms with van der Waals surface area (Å²) in [5.74, 6) is -2.89. The van der Waals surface area contributed by atoms with E-state index < -0.39 is 29.5 Å². The number of benzene rings is 2. The Hall–Kier alpha value is -3.69. The van der Waals surface area contributed by atoms with Crippen molar-refractivity contribution >= 4 is 47.0 Å². The number of aromatic amines is 1. The molecule has 204 valence electrons. The molecule has 1 fully saturated rings. The highest BCUT2D eigenvalue weighted by Gasteiger charge is 2.25. The number of halogens is 4. The van der Waals surface area contributed by atoms with Crippen molar-refractivity contribution in [1.82, 2.24) is 15.2 Å². The van der Waals surface area contributed by atoms with Gasteiger partial charge in [-0.1, -0.05) is 29.3 Å². The maximum atomic E-state index is 15.1. The highest BCUT2D eigenvalue weighted by Crippen LogP contribution is 2.33. The summed E-state index contributed by atoms with van der Waals surface area (Å²) in [5, 5.41) is 2.69. The van der Waals surface area contributed by atoms with Gasteiger partial charge in [-0.25, -0.2) is 8.78 Å². The maximum Gasteiger partial charge on any atom is 0.253 e. The monoisotopic (exact) mass is 574 g/mol. The third kappa shape index (κ3) is 6.85. The van der Waals surface area contributed by atoms with Gasteiger partial charge in [-0.05, 0) is 61.2 Å². The summed E-state index contributed by atoms with van der Waals surface area (Å²) in [4.78, 5) is 42.6. The molecule has 1 aliphatic rings. The highest BCUT2D eigenvalue weighted by atomic mass is 35.5. The fourth-order valence-corrected chi connectivity index (χ4v) is 4.87. The summed E-state index contributed by atoms with van der Waals surface area (Å²) in [7, 11) is 0. The first-order valence-electron chi connectivity index (χ1n) is 12.3. The van der Waals surface area contributed by atoms with Gasteiger partial charge in [-0.3, -0.25) is 14.4 Å². The molecular formula is C28H26Cl2F2N4O3. The predicted octanol–water partition coefficient (Wildman–Crippen LogP) is 5.64. The number of primary amides is 1. The molecule has 1 unspecified atom stereocenters. The molecule has 11 heteroatoms. The SMILES string of the molecule is NC(=O)CC(NC(=O)c1c[nH]c(C=CC(=O)N2CCCCC2)c1-c1ccc(Cl)cc1F)c1ccc(F)c(Cl)c1. The van der Waals surface area contributed by atoms with Gasteiger partial charge in [0.2, 0.25) is 11.8 Å². The number of amides is 3. The normalized spacial score (nSPS) is 14.4. The molecule has 0 spiro atoms. The summed E-state index contributed by atoms with van der Waals surface area (Å²) in [6, 6.07) is 6.89. The van der Waals surface area contributed by atoms with Crippen LogP contribution in [0.1, 0.15) is 53.3 Å². The first-order chi connectivity index (χ1) is 18.6. The molecule has 3 amide bonds. The standard InChI is InChI=1S/C28H26Cl2F2N4O3/c29-17-5-6-18(22(32)13-17)27-19(15-34-23(27)8-9-26(38)36-10-2-1-3-11-36)28(39)35-24(14-25(33)37)16-4-7-21(31)20(30)12-16/h4-9,12-13,15,24,34H,1-3,10-11,14H2,(H2,33,37)(H,35,39). The fraction of sp³-hybridized carbons (Fsp3) is 0.250. The zero-order valence-corrected chi connectivity index (χ0v) is 22.3. The van der Waals surface area contributed by atoms with Crippen molar-refractivity contribution in [2.75, 3.05) is 13.1 Å². The molecule has 1 atom stereocenters. The molecule has 2 aromatic carbocycles. The first kappa shape index (κ1) is 28.3. The number of nitrogens with one attached hydrogen (secondary N) is 2. The summed E-state index contributed by atoms with van der Waals surface area (Å²) in [5.41, 5.74) is 6.39. The number of rotatable bonds is 8. The average Bonchev–Trinajstić information content (AvgIpc) is 3.32. The van der Waals surface area contributed by atoms with E-state index in [-0.39, 0.29) is 39.1 Å². The maximum absolute atomic E-state index is 15.1. The Kier molecular flexibility index (Phi) is 9.04. The Bertz CT molecular complexity index is 1430. The number of carbonyl (C=O) groups is 3. The Balaban J connectivity index is 1.70. The third-order valence-electron chi connectivity index (χ3n) is 6.47. The summed E-state index contributed by atoms with van der Waals surface area (Å²) in [6.07, 6.45) is 6.90. The van der Waals surface area contributed by atoms with Gasteiger partial charge >= 0.3 is 0 Å². The quantitative estimate of drug-likeness (QED) is 0.303. The van der Waals surface area contributed by atoms with Crippen LogP contribution in [0.2, 0.25) is 10.0 Å². The number of aromatic nitrogens is 1. The molecule has 1 aliphatic heterocycles. The van der Waals surface area contributed by atoms with E-state index in [4.69, 9.17) is 28.9 Å². The number of nitrogens with two attached hydrogens (primary N) is 1. The zero-order chi connectivity index (χ0) is 28.1. The molecule has 39 heavy (non-hydrogen) atoms. The van der Waals surface area contributed by atoms with E-state index in [0.29, 0.717) is 24.3 Å². The molecular weight excluding hydrogens is 549 g/mol. The Morgan fingerprint density at radius 3 is 2.46 bits per heavy atom. The van der Waals surface area contributed by atoms with E-state index in [1.807, 2.05) is 0 Å². The Labute approximate surface area is 234 Å². The van der Waals surface area contributed by atoms with Crippen LogP contribution in [-0.2, 0) is 9.59 Å². The van der Waals surface area contributed by atoms with E-state index in [1.165, 1.54) is 42.6 Å². The molecule has 4 N–H and O–H groups in total. The van der Waals surface area contributed by atoms with Crippen LogP contribution in [0.4, 0.5) is 8.78 Å². The minimum atomic E-state index is -0.939. The van der Waals surface area contributed by atoms with Crippen molar-refractivity contribution in [1.29, 1.82) is 0 Å². The number of H-pyrrole nitrogens is 1. The van der Waals surface area contributed by atoms with E-state index >= 15 is 4.39 Å². The summed E-state index contributed by atoms with van der Waals surface area (Å²) < 4.78 is 28.8. The average molecular weight is 575 g/mol. The van der Waals surface area contributed by atoms with Gasteiger partial charge < -0.3 is 20.9 Å². The lowest BCUT2D eigenvalue weighted by molar-refractivity contribution is -0.126. The van der Waals surface area contributed by atoms with Crippen molar-refractivity contribution in [3.8, 4) is 11.1 Å². The number of hydrogen-bond acceptors (Lipinski definition) is 3. The predicted molar refractivity (Wildman–Crippen MR) is 146 cm³/mol. The number of hydrogen-bond donors (Lipinski definition) is 3. The molecule has 4 rings (SSSR count). The molecule has 0 radical (unpaired) electrons. The van der Waals surface area contributed by atoms with E-state index in [0.717, 1.165) is 31.4 Å². The van der Waals surface area contributed by atoms with E-state index in [2.05, 4.69) is 10.3 Å². The Morgan fingerprint density at radius 2 is 1.79 bits per heavy atom. The largest absolute Gasteiger partial charge is 0.370 e. The lowest BCUT2D eigenvalue weighted by Gasteiger charge is -2.25. The lowest BCUT2D eigenvalue weighted by Crippen LogP contribution is -2.34. The summed E-state index contributed by atoms with van der Waals surface area (Å²) >= 11 is 11.8. The van der Waals surface area contributed by atoms with Crippen LogP contribution in [0.15, 0.2) is 48.7 Å². The first-order valence-corrected chi connectivity index (χ1v) is 13.1. The number of piperidine rings is 1. The number of carbonyl (C=O) groups excluding carboxylic acids is 3. The molecule has 1 saturated heterocycles. The number of nitrogens with zero attached hydrogens (tertiary/aromatic N) is 1. The van der Waals surface area contributed by atoms with E-state index in [1.54, 1.807) is 4.90 Å². The minimum absolute atomic E-state index is 0.0453. The van der Waals surface area contributed by atoms with E-state index in [9.17, 15) is 18.8 Å². The van der Waals surface area contributed by atoms with Gasteiger partial charge in [-0.15, -0.1) is 0 Å². The second kappa shape index (κ2) is 12.4. The highest BCUT2D eigenvalue weighted by molar-refractivity contribution is 6.31. The Morgan fingerprint density at radius 1 is 1.05 bits per heavy atom. The van der Waals surface area contributed by atoms with Gasteiger partial charge in [-0.2, -0.15) is 0 Å². The zero-order valence-electron chi connectivity index (χ0n) is 20.8. The van der Waals surface area contributed by atoms with Crippen LogP contribution in [0, 0.1) is 11.6 Å². The van der Waals surface area contributed by atoms with Gasteiger partial charge in [0.05, 0.1) is 23.0 Å². The molecule has 0 aliphatic carbocycles. The van der Waals surface area contributed by atoms with Crippen molar-refractivity contribution in [3.05, 3.63) is 87.2 Å². The topological polar surface area (TPSA) is 108 Å². The molecule has 7 nitrogen and oxygen atoms in total. The molecule has 1 aromatic heterocycles. The van der Waals surface area contributed by atoms with Gasteiger partial charge in [0.1, 0.15) is 11.6 Å². The minimum Gasteiger partial charge on any atom is -0.370 e. The molecule has 0 bridgehead atoms. The van der Waals surface area contributed by atoms with Gasteiger partial charge in [0.25, 0.3) is 5.91 Å². The molecule has 0 saturated carbocycles. The van der Waals surface area contributed by atoms with Gasteiger partial charge in [0, 0.05) is 47.2 Å². The lowest BCUT2D eigenvalue weighted by atomic mass is 9.98. The van der Waals surface area contributed by atoms with Crippen LogP contribution >= 0.6 is 23.2 Å². The second-order valence-corrected chi connectivity index (χ2v) is 10.0. The fourth-order valence-electron chi connectivity index (χ4n) is 4.53. The van der Waals surface area contributed by atoms with Crippen molar-refractivity contribution < 1.29 is 23.2 Å². The third-order valence-corrected chi connectivity index (χ3v) is 7.00.